The van der Waals surface area contributed by atoms with Gasteiger partial charge in [-0.3, -0.25) is 10.1 Å². The maximum Gasteiger partial charge on any atom is 0.326 e. The largest absolute Gasteiger partial charge is 0.480 e. The average molecular weight is 293 g/mol. The molecule has 2 N–H and O–H groups in total. The summed E-state index contributed by atoms with van der Waals surface area (Å²) in [6.45, 7) is 1.96. The molecule has 8 heteroatoms. The predicted molar refractivity (Wildman–Crippen MR) is 74.2 cm³/mol. The van der Waals surface area contributed by atoms with Gasteiger partial charge in [-0.05, 0) is 25.8 Å². The molecular weight excluding hydrogens is 278 g/mol. The standard InChI is InChI=1S/C13H15N3O5/c1-8-4-5-9(7-11(8)16(20)21)14-13(19)15-6-2-3-10(15)12(17)18/h4-5,7,10H,2-3,6H2,1H3,(H,14,19)(H,17,18)/t10-/m1/s1. The van der Waals surface area contributed by atoms with Crippen LogP contribution in [0.2, 0.25) is 0 Å². The number of carboxylic acids is 1. The maximum absolute atomic E-state index is 12.1. The van der Waals surface area contributed by atoms with Crippen molar-refractivity contribution in [3.8, 4) is 0 Å². The molecule has 0 bridgehead atoms. The van der Waals surface area contributed by atoms with E-state index in [2.05, 4.69) is 5.32 Å². The van der Waals surface area contributed by atoms with Gasteiger partial charge in [0.25, 0.3) is 5.69 Å². The highest BCUT2D eigenvalue weighted by Gasteiger charge is 2.34. The molecule has 1 atom stereocenters. The van der Waals surface area contributed by atoms with E-state index in [0.29, 0.717) is 24.9 Å². The van der Waals surface area contributed by atoms with Crippen LogP contribution in [-0.2, 0) is 4.79 Å². The van der Waals surface area contributed by atoms with Crippen LogP contribution in [0, 0.1) is 17.0 Å². The van der Waals surface area contributed by atoms with E-state index in [0.717, 1.165) is 0 Å². The molecule has 1 aromatic carbocycles. The number of carbonyl (C=O) groups is 2. The van der Waals surface area contributed by atoms with Crippen LogP contribution in [-0.4, -0.2) is 39.5 Å². The van der Waals surface area contributed by atoms with Gasteiger partial charge in [-0.2, -0.15) is 0 Å². The lowest BCUT2D eigenvalue weighted by atomic mass is 10.2. The number of rotatable bonds is 3. The fourth-order valence-corrected chi connectivity index (χ4v) is 2.35. The highest BCUT2D eigenvalue weighted by molar-refractivity contribution is 5.93. The Balaban J connectivity index is 2.14. The Bertz CT molecular complexity index is 601. The second-order valence-electron chi connectivity index (χ2n) is 4.88. The van der Waals surface area contributed by atoms with Crippen LogP contribution in [0.1, 0.15) is 18.4 Å². The van der Waals surface area contributed by atoms with Crippen molar-refractivity contribution in [3.63, 3.8) is 0 Å². The molecule has 2 rings (SSSR count). The van der Waals surface area contributed by atoms with Crippen LogP contribution in [0.5, 0.6) is 0 Å². The van der Waals surface area contributed by atoms with Gasteiger partial charge in [0.1, 0.15) is 6.04 Å². The molecule has 0 radical (unpaired) electrons. The Morgan fingerprint density at radius 1 is 1.48 bits per heavy atom. The quantitative estimate of drug-likeness (QED) is 0.653. The SMILES string of the molecule is Cc1ccc(NC(=O)N2CCC[C@@H]2C(=O)O)cc1[N+](=O)[O-]. The molecule has 1 heterocycles. The van der Waals surface area contributed by atoms with Gasteiger partial charge in [-0.1, -0.05) is 6.07 Å². The molecule has 0 unspecified atom stereocenters. The van der Waals surface area contributed by atoms with E-state index >= 15 is 0 Å². The zero-order chi connectivity index (χ0) is 15.6. The zero-order valence-electron chi connectivity index (χ0n) is 11.4. The van der Waals surface area contributed by atoms with Crippen LogP contribution < -0.4 is 5.32 Å². The molecule has 8 nitrogen and oxygen atoms in total. The number of carboxylic acid groups (broad SMARTS) is 1. The third-order valence-electron chi connectivity index (χ3n) is 3.46. The van der Waals surface area contributed by atoms with Gasteiger partial charge in [0.15, 0.2) is 0 Å². The van der Waals surface area contributed by atoms with Crippen molar-refractivity contribution >= 4 is 23.4 Å². The number of aliphatic carboxylic acids is 1. The molecule has 0 aliphatic carbocycles. The third-order valence-corrected chi connectivity index (χ3v) is 3.46. The summed E-state index contributed by atoms with van der Waals surface area (Å²) in [6.07, 6.45) is 1.04. The number of urea groups is 1. The fourth-order valence-electron chi connectivity index (χ4n) is 2.35. The summed E-state index contributed by atoms with van der Waals surface area (Å²) in [5, 5.41) is 22.4. The number of nitrogens with one attached hydrogen (secondary N) is 1. The van der Waals surface area contributed by atoms with Crippen LogP contribution in [0.25, 0.3) is 0 Å². The maximum atomic E-state index is 12.1. The number of anilines is 1. The van der Waals surface area contributed by atoms with Crippen molar-refractivity contribution in [2.75, 3.05) is 11.9 Å². The first-order chi connectivity index (χ1) is 9.90. The summed E-state index contributed by atoms with van der Waals surface area (Å²) in [4.78, 5) is 34.7. The summed E-state index contributed by atoms with van der Waals surface area (Å²) < 4.78 is 0. The van der Waals surface area contributed by atoms with Gasteiger partial charge in [-0.15, -0.1) is 0 Å². The number of nitro groups is 1. The first-order valence-electron chi connectivity index (χ1n) is 6.45. The van der Waals surface area contributed by atoms with E-state index in [1.807, 2.05) is 0 Å². The van der Waals surface area contributed by atoms with Crippen molar-refractivity contribution in [1.29, 1.82) is 0 Å². The second-order valence-corrected chi connectivity index (χ2v) is 4.88. The fraction of sp³-hybridized carbons (Fsp3) is 0.385. The molecule has 0 aromatic heterocycles. The number of likely N-dealkylation sites (tertiary alicyclic amines) is 1. The summed E-state index contributed by atoms with van der Waals surface area (Å²) in [5.74, 6) is -1.04. The van der Waals surface area contributed by atoms with Crippen LogP contribution in [0.4, 0.5) is 16.2 Å². The Hall–Kier alpha value is -2.64. The number of nitrogens with zero attached hydrogens (tertiary/aromatic N) is 2. The number of amides is 2. The van der Waals surface area contributed by atoms with Crippen molar-refractivity contribution in [3.05, 3.63) is 33.9 Å². The average Bonchev–Trinajstić information content (AvgIpc) is 2.90. The van der Waals surface area contributed by atoms with E-state index in [1.165, 1.54) is 17.0 Å². The molecule has 1 fully saturated rings. The lowest BCUT2D eigenvalue weighted by Crippen LogP contribution is -2.42. The van der Waals surface area contributed by atoms with Crippen LogP contribution in [0.15, 0.2) is 18.2 Å². The lowest BCUT2D eigenvalue weighted by Gasteiger charge is -2.21. The Morgan fingerprint density at radius 3 is 2.81 bits per heavy atom. The van der Waals surface area contributed by atoms with E-state index < -0.39 is 23.0 Å². The molecule has 1 aromatic rings. The van der Waals surface area contributed by atoms with Gasteiger partial charge in [0.2, 0.25) is 0 Å². The minimum absolute atomic E-state index is 0.0935. The summed E-state index contributed by atoms with van der Waals surface area (Å²) in [5.41, 5.74) is 0.667. The molecule has 0 spiro atoms. The Morgan fingerprint density at radius 2 is 2.19 bits per heavy atom. The monoisotopic (exact) mass is 293 g/mol. The van der Waals surface area contributed by atoms with Gasteiger partial charge < -0.3 is 15.3 Å². The lowest BCUT2D eigenvalue weighted by molar-refractivity contribution is -0.385. The number of carbonyl (C=O) groups excluding carboxylic acids is 1. The minimum atomic E-state index is -1.04. The van der Waals surface area contributed by atoms with Gasteiger partial charge >= 0.3 is 12.0 Å². The molecule has 21 heavy (non-hydrogen) atoms. The second kappa shape index (κ2) is 5.78. The number of benzene rings is 1. The van der Waals surface area contributed by atoms with Gasteiger partial charge in [0.05, 0.1) is 4.92 Å². The smallest absolute Gasteiger partial charge is 0.326 e. The molecule has 1 aliphatic rings. The van der Waals surface area contributed by atoms with Crippen molar-refractivity contribution in [1.82, 2.24) is 4.90 Å². The number of nitro benzene ring substituents is 1. The normalized spacial score (nSPS) is 17.6. The Labute approximate surface area is 120 Å². The van der Waals surface area contributed by atoms with Crippen molar-refractivity contribution in [2.24, 2.45) is 0 Å². The van der Waals surface area contributed by atoms with Gasteiger partial charge in [0, 0.05) is 23.9 Å². The van der Waals surface area contributed by atoms with Gasteiger partial charge in [-0.25, -0.2) is 9.59 Å². The first kappa shape index (κ1) is 14.8. The highest BCUT2D eigenvalue weighted by atomic mass is 16.6. The highest BCUT2D eigenvalue weighted by Crippen LogP contribution is 2.24. The number of hydrogen-bond donors (Lipinski definition) is 2. The van der Waals surface area contributed by atoms with Crippen molar-refractivity contribution < 1.29 is 19.6 Å². The Kier molecular flexibility index (Phi) is 4.06. The van der Waals surface area contributed by atoms with E-state index in [9.17, 15) is 19.7 Å². The molecule has 1 aliphatic heterocycles. The van der Waals surface area contributed by atoms with E-state index in [-0.39, 0.29) is 11.4 Å². The minimum Gasteiger partial charge on any atom is -0.480 e. The van der Waals surface area contributed by atoms with E-state index in [1.54, 1.807) is 13.0 Å². The number of aryl methyl sites for hydroxylation is 1. The number of hydrogen-bond acceptors (Lipinski definition) is 4. The zero-order valence-corrected chi connectivity index (χ0v) is 11.4. The first-order valence-corrected chi connectivity index (χ1v) is 6.45. The molecule has 112 valence electrons. The van der Waals surface area contributed by atoms with Crippen LogP contribution in [0.3, 0.4) is 0 Å². The molecular formula is C13H15N3O5. The predicted octanol–water partition coefficient (Wildman–Crippen LogP) is 1.98. The van der Waals surface area contributed by atoms with E-state index in [4.69, 9.17) is 5.11 Å². The molecule has 1 saturated heterocycles. The third kappa shape index (κ3) is 3.10. The molecule has 0 saturated carbocycles. The van der Waals surface area contributed by atoms with Crippen LogP contribution >= 0.6 is 0 Å². The summed E-state index contributed by atoms with van der Waals surface area (Å²) in [7, 11) is 0. The van der Waals surface area contributed by atoms with Crippen molar-refractivity contribution in [2.45, 2.75) is 25.8 Å². The topological polar surface area (TPSA) is 113 Å². The summed E-state index contributed by atoms with van der Waals surface area (Å²) >= 11 is 0. The molecule has 2 amide bonds. The summed E-state index contributed by atoms with van der Waals surface area (Å²) in [6, 6.07) is 2.95.